The summed E-state index contributed by atoms with van der Waals surface area (Å²) < 4.78 is 27.1. The first-order valence-electron chi connectivity index (χ1n) is 6.23. The van der Waals surface area contributed by atoms with Gasteiger partial charge in [-0.3, -0.25) is 0 Å². The van der Waals surface area contributed by atoms with E-state index in [1.54, 1.807) is 12.1 Å². The molecule has 0 spiro atoms. The average molecular weight is 265 g/mol. The Kier molecular flexibility index (Phi) is 3.88. The summed E-state index contributed by atoms with van der Waals surface area (Å²) in [4.78, 5) is 0.343. The minimum absolute atomic E-state index is 0.0410. The van der Waals surface area contributed by atoms with Crippen LogP contribution in [-0.2, 0) is 10.0 Å². The lowest BCUT2D eigenvalue weighted by Gasteiger charge is -2.13. The molecule has 1 aliphatic carbocycles. The fraction of sp³-hybridized carbons (Fsp3) is 0.429. The number of hydrogen-bond acceptors (Lipinski definition) is 2. The molecule has 1 fully saturated rings. The Morgan fingerprint density at radius 1 is 1.28 bits per heavy atom. The highest BCUT2D eigenvalue weighted by Crippen LogP contribution is 2.27. The van der Waals surface area contributed by atoms with Gasteiger partial charge in [0.15, 0.2) is 0 Å². The molecule has 0 aromatic heterocycles. The van der Waals surface area contributed by atoms with Crippen LogP contribution in [0.1, 0.15) is 24.8 Å². The first-order valence-corrected chi connectivity index (χ1v) is 7.71. The zero-order valence-electron chi connectivity index (χ0n) is 10.6. The van der Waals surface area contributed by atoms with Crippen LogP contribution in [0.25, 0.3) is 0 Å². The molecule has 1 aromatic carbocycles. The van der Waals surface area contributed by atoms with Gasteiger partial charge in [-0.25, -0.2) is 13.1 Å². The molecule has 18 heavy (non-hydrogen) atoms. The van der Waals surface area contributed by atoms with Crippen molar-refractivity contribution in [3.63, 3.8) is 0 Å². The van der Waals surface area contributed by atoms with E-state index >= 15 is 0 Å². The summed E-state index contributed by atoms with van der Waals surface area (Å²) in [5.41, 5.74) is 1.06. The van der Waals surface area contributed by atoms with Crippen LogP contribution in [0.3, 0.4) is 0 Å². The Morgan fingerprint density at radius 3 is 2.50 bits per heavy atom. The molecule has 1 aromatic rings. The van der Waals surface area contributed by atoms with E-state index in [0.717, 1.165) is 24.8 Å². The predicted octanol–water partition coefficient (Wildman–Crippen LogP) is 2.63. The number of sulfonamides is 1. The Hall–Kier alpha value is -1.13. The van der Waals surface area contributed by atoms with Gasteiger partial charge in [-0.05, 0) is 44.2 Å². The highest BCUT2D eigenvalue weighted by molar-refractivity contribution is 7.89. The molecule has 0 saturated heterocycles. The third-order valence-electron chi connectivity index (χ3n) is 3.46. The second kappa shape index (κ2) is 5.24. The molecule has 2 atom stereocenters. The van der Waals surface area contributed by atoms with Crippen molar-refractivity contribution in [2.24, 2.45) is 5.92 Å². The van der Waals surface area contributed by atoms with Gasteiger partial charge < -0.3 is 0 Å². The van der Waals surface area contributed by atoms with Crippen molar-refractivity contribution in [1.82, 2.24) is 4.72 Å². The van der Waals surface area contributed by atoms with Crippen LogP contribution in [0.15, 0.2) is 41.8 Å². The first-order chi connectivity index (χ1) is 8.51. The van der Waals surface area contributed by atoms with Crippen molar-refractivity contribution < 1.29 is 8.42 Å². The van der Waals surface area contributed by atoms with Crippen molar-refractivity contribution in [3.8, 4) is 0 Å². The Bertz CT molecular complexity index is 519. The Morgan fingerprint density at radius 2 is 1.94 bits per heavy atom. The molecular weight excluding hydrogens is 246 g/mol. The van der Waals surface area contributed by atoms with E-state index in [9.17, 15) is 8.42 Å². The maximum atomic E-state index is 12.2. The van der Waals surface area contributed by atoms with Crippen molar-refractivity contribution in [1.29, 1.82) is 0 Å². The average Bonchev–Trinajstić information content (AvgIpc) is 2.76. The standard InChI is InChI=1S/C14H19NO2S/c1-3-12-6-7-13(10-12)15-18(16,17)14-8-4-11(2)5-9-14/h3-5,8-9,12-13,15H,1,6-7,10H2,2H3/t12-,13+/m1/s1. The second-order valence-corrected chi connectivity index (χ2v) is 6.65. The first kappa shape index (κ1) is 13.3. The van der Waals surface area contributed by atoms with Crippen LogP contribution < -0.4 is 4.72 Å². The minimum Gasteiger partial charge on any atom is -0.208 e. The highest BCUT2D eigenvalue weighted by Gasteiger charge is 2.27. The summed E-state index contributed by atoms with van der Waals surface area (Å²) in [5.74, 6) is 0.440. The van der Waals surface area contributed by atoms with Crippen LogP contribution in [-0.4, -0.2) is 14.5 Å². The monoisotopic (exact) mass is 265 g/mol. The van der Waals surface area contributed by atoms with E-state index in [1.165, 1.54) is 0 Å². The van der Waals surface area contributed by atoms with E-state index < -0.39 is 10.0 Å². The molecule has 0 heterocycles. The largest absolute Gasteiger partial charge is 0.240 e. The number of hydrogen-bond donors (Lipinski definition) is 1. The summed E-state index contributed by atoms with van der Waals surface area (Å²) >= 11 is 0. The number of aryl methyl sites for hydroxylation is 1. The van der Waals surface area contributed by atoms with Crippen molar-refractivity contribution in [2.75, 3.05) is 0 Å². The van der Waals surface area contributed by atoms with Gasteiger partial charge in [0.25, 0.3) is 0 Å². The topological polar surface area (TPSA) is 46.2 Å². The van der Waals surface area contributed by atoms with E-state index in [0.29, 0.717) is 10.8 Å². The molecule has 1 N–H and O–H groups in total. The normalized spacial score (nSPS) is 24.1. The van der Waals surface area contributed by atoms with Gasteiger partial charge in [0.05, 0.1) is 4.90 Å². The smallest absolute Gasteiger partial charge is 0.208 e. The molecule has 4 heteroatoms. The summed E-state index contributed by atoms with van der Waals surface area (Å²) in [5, 5.41) is 0. The van der Waals surface area contributed by atoms with E-state index in [4.69, 9.17) is 0 Å². The zero-order chi connectivity index (χ0) is 13.2. The van der Waals surface area contributed by atoms with Crippen LogP contribution in [0.2, 0.25) is 0 Å². The van der Waals surface area contributed by atoms with Crippen LogP contribution >= 0.6 is 0 Å². The lowest BCUT2D eigenvalue weighted by atomic mass is 10.1. The number of allylic oxidation sites excluding steroid dienone is 1. The van der Waals surface area contributed by atoms with Gasteiger partial charge in [0, 0.05) is 6.04 Å². The molecule has 1 saturated carbocycles. The van der Waals surface area contributed by atoms with Crippen LogP contribution in [0.4, 0.5) is 0 Å². The molecule has 98 valence electrons. The van der Waals surface area contributed by atoms with E-state index in [-0.39, 0.29) is 6.04 Å². The molecule has 0 bridgehead atoms. The lowest BCUT2D eigenvalue weighted by molar-refractivity contribution is 0.547. The van der Waals surface area contributed by atoms with Gasteiger partial charge in [-0.15, -0.1) is 6.58 Å². The van der Waals surface area contributed by atoms with Crippen molar-refractivity contribution in [3.05, 3.63) is 42.5 Å². The number of benzene rings is 1. The molecule has 1 aliphatic rings. The van der Waals surface area contributed by atoms with E-state index in [2.05, 4.69) is 11.3 Å². The van der Waals surface area contributed by atoms with Gasteiger partial charge in [0.2, 0.25) is 10.0 Å². The predicted molar refractivity (Wildman–Crippen MR) is 72.8 cm³/mol. The van der Waals surface area contributed by atoms with Gasteiger partial charge in [-0.2, -0.15) is 0 Å². The maximum absolute atomic E-state index is 12.2. The highest BCUT2D eigenvalue weighted by atomic mass is 32.2. The van der Waals surface area contributed by atoms with Crippen LogP contribution in [0.5, 0.6) is 0 Å². The molecular formula is C14H19NO2S. The molecule has 0 unspecified atom stereocenters. The third-order valence-corrected chi connectivity index (χ3v) is 5.00. The van der Waals surface area contributed by atoms with Crippen molar-refractivity contribution in [2.45, 2.75) is 37.1 Å². The summed E-state index contributed by atoms with van der Waals surface area (Å²) in [6, 6.07) is 6.97. The van der Waals surface area contributed by atoms with E-state index in [1.807, 2.05) is 25.1 Å². The van der Waals surface area contributed by atoms with Gasteiger partial charge in [0.1, 0.15) is 0 Å². The number of rotatable bonds is 4. The minimum atomic E-state index is -3.38. The fourth-order valence-corrected chi connectivity index (χ4v) is 3.63. The van der Waals surface area contributed by atoms with Gasteiger partial charge in [-0.1, -0.05) is 23.8 Å². The third kappa shape index (κ3) is 3.00. The summed E-state index contributed by atoms with van der Waals surface area (Å²) in [7, 11) is -3.38. The molecule has 0 radical (unpaired) electrons. The quantitative estimate of drug-likeness (QED) is 0.851. The zero-order valence-corrected chi connectivity index (χ0v) is 11.4. The second-order valence-electron chi connectivity index (χ2n) is 4.94. The fourth-order valence-electron chi connectivity index (χ4n) is 2.34. The lowest BCUT2D eigenvalue weighted by Crippen LogP contribution is -2.32. The molecule has 2 rings (SSSR count). The number of nitrogens with one attached hydrogen (secondary N) is 1. The van der Waals surface area contributed by atoms with Gasteiger partial charge >= 0.3 is 0 Å². The summed E-state index contributed by atoms with van der Waals surface area (Å²) in [6.07, 6.45) is 4.68. The maximum Gasteiger partial charge on any atom is 0.240 e. The SMILES string of the molecule is C=C[C@@H]1CC[C@H](NS(=O)(=O)c2ccc(C)cc2)C1. The molecule has 0 aliphatic heterocycles. The summed E-state index contributed by atoms with van der Waals surface area (Å²) in [6.45, 7) is 5.70. The Balaban J connectivity index is 2.08. The molecule has 0 amide bonds. The van der Waals surface area contributed by atoms with Crippen molar-refractivity contribution >= 4 is 10.0 Å². The van der Waals surface area contributed by atoms with Crippen LogP contribution in [0, 0.1) is 12.8 Å². The molecule has 3 nitrogen and oxygen atoms in total. The Labute approximate surface area is 109 Å².